The molecule has 168 valence electrons. The lowest BCUT2D eigenvalue weighted by molar-refractivity contribution is -0.113. The molecule has 0 unspecified atom stereocenters. The summed E-state index contributed by atoms with van der Waals surface area (Å²) >= 11 is 15.0. The van der Waals surface area contributed by atoms with Gasteiger partial charge in [0.05, 0.1) is 21.6 Å². The van der Waals surface area contributed by atoms with Crippen molar-refractivity contribution in [2.75, 3.05) is 11.1 Å². The zero-order chi connectivity index (χ0) is 23.1. The van der Waals surface area contributed by atoms with Gasteiger partial charge in [-0.15, -0.1) is 28.5 Å². The lowest BCUT2D eigenvalue weighted by Gasteiger charge is -2.09. The van der Waals surface area contributed by atoms with Crippen molar-refractivity contribution in [3.05, 3.63) is 81.9 Å². The Balaban J connectivity index is 1.58. The summed E-state index contributed by atoms with van der Waals surface area (Å²) in [7, 11) is 0. The van der Waals surface area contributed by atoms with E-state index < -0.39 is 5.82 Å². The summed E-state index contributed by atoms with van der Waals surface area (Å²) in [6.07, 6.45) is 1.76. The lowest BCUT2D eigenvalue weighted by Crippen LogP contribution is -2.15. The van der Waals surface area contributed by atoms with E-state index in [0.29, 0.717) is 33.2 Å². The summed E-state index contributed by atoms with van der Waals surface area (Å²) < 4.78 is 15.4. The number of hydrogen-bond donors (Lipinski definition) is 1. The summed E-state index contributed by atoms with van der Waals surface area (Å²) in [5, 5.41) is 12.9. The summed E-state index contributed by atoms with van der Waals surface area (Å²) in [6, 6.07) is 9.87. The molecular weight excluding hydrogens is 490 g/mol. The van der Waals surface area contributed by atoms with Crippen molar-refractivity contribution in [1.29, 1.82) is 0 Å². The predicted octanol–water partition coefficient (Wildman–Crippen LogP) is 6.38. The Morgan fingerprint density at radius 3 is 2.75 bits per heavy atom. The van der Waals surface area contributed by atoms with Crippen molar-refractivity contribution < 1.29 is 9.18 Å². The first-order valence-corrected chi connectivity index (χ1v) is 12.5. The number of allylic oxidation sites excluding steroid dienone is 1. The van der Waals surface area contributed by atoms with Gasteiger partial charge in [0.1, 0.15) is 11.6 Å². The molecule has 0 saturated carbocycles. The maximum Gasteiger partial charge on any atom is 0.234 e. The average molecular weight is 511 g/mol. The van der Waals surface area contributed by atoms with Crippen LogP contribution in [0, 0.1) is 12.7 Å². The van der Waals surface area contributed by atoms with E-state index in [1.54, 1.807) is 30.0 Å². The minimum absolute atomic E-state index is 0.127. The van der Waals surface area contributed by atoms with Gasteiger partial charge < -0.3 is 9.88 Å². The number of aromatic nitrogens is 3. The summed E-state index contributed by atoms with van der Waals surface area (Å²) in [5.74, 6) is 1.66. The summed E-state index contributed by atoms with van der Waals surface area (Å²) in [4.78, 5) is 12.3. The van der Waals surface area contributed by atoms with Crippen LogP contribution in [0.5, 0.6) is 0 Å². The number of hydrogen-bond acceptors (Lipinski definition) is 5. The molecule has 0 aliphatic carbocycles. The molecule has 0 bridgehead atoms. The minimum atomic E-state index is -0.396. The smallest absolute Gasteiger partial charge is 0.234 e. The number of carbonyl (C=O) groups is 1. The Morgan fingerprint density at radius 2 is 2.00 bits per heavy atom. The van der Waals surface area contributed by atoms with Crippen molar-refractivity contribution in [3.63, 3.8) is 0 Å². The van der Waals surface area contributed by atoms with E-state index in [9.17, 15) is 9.18 Å². The largest absolute Gasteiger partial charge is 0.325 e. The molecule has 2 aromatic carbocycles. The highest BCUT2D eigenvalue weighted by atomic mass is 35.5. The number of nitrogens with zero attached hydrogens (tertiary/aromatic N) is 3. The van der Waals surface area contributed by atoms with Crippen LogP contribution in [0.3, 0.4) is 0 Å². The van der Waals surface area contributed by atoms with E-state index >= 15 is 0 Å². The van der Waals surface area contributed by atoms with Crippen molar-refractivity contribution in [1.82, 2.24) is 14.8 Å². The van der Waals surface area contributed by atoms with Crippen LogP contribution in [0.1, 0.15) is 17.0 Å². The molecule has 1 heterocycles. The van der Waals surface area contributed by atoms with E-state index in [2.05, 4.69) is 22.1 Å². The van der Waals surface area contributed by atoms with E-state index in [4.69, 9.17) is 23.2 Å². The van der Waals surface area contributed by atoms with Crippen molar-refractivity contribution in [2.45, 2.75) is 30.1 Å². The quantitative estimate of drug-likeness (QED) is 0.253. The number of carbonyl (C=O) groups excluding carboxylic acids is 1. The molecule has 5 nitrogen and oxygen atoms in total. The Kier molecular flexibility index (Phi) is 9.04. The van der Waals surface area contributed by atoms with E-state index in [1.165, 1.54) is 23.9 Å². The van der Waals surface area contributed by atoms with Crippen LogP contribution >= 0.6 is 46.7 Å². The van der Waals surface area contributed by atoms with Gasteiger partial charge in [-0.1, -0.05) is 53.2 Å². The molecule has 0 radical (unpaired) electrons. The molecular formula is C22H21Cl2FN4OS2. The van der Waals surface area contributed by atoms with Crippen LogP contribution in [0.4, 0.5) is 10.1 Å². The SMILES string of the molecule is C=CCn1c(CSCc2ccc(Cl)c(Cl)c2)nnc1SCC(=O)Nc1cc(F)ccc1C. The van der Waals surface area contributed by atoms with E-state index in [0.717, 1.165) is 22.7 Å². The number of rotatable bonds is 10. The Morgan fingerprint density at radius 1 is 1.19 bits per heavy atom. The summed E-state index contributed by atoms with van der Waals surface area (Å²) in [5.41, 5.74) is 2.32. The number of aryl methyl sites for hydroxylation is 1. The van der Waals surface area contributed by atoms with Gasteiger partial charge in [0.2, 0.25) is 5.91 Å². The summed E-state index contributed by atoms with van der Waals surface area (Å²) in [6.45, 7) is 6.14. The maximum absolute atomic E-state index is 13.4. The molecule has 0 aliphatic heterocycles. The molecule has 3 rings (SSSR count). The third-order valence-corrected chi connectivity index (χ3v) is 7.10. The zero-order valence-corrected chi connectivity index (χ0v) is 20.4. The van der Waals surface area contributed by atoms with Crippen LogP contribution in [0.2, 0.25) is 10.0 Å². The fraction of sp³-hybridized carbons (Fsp3) is 0.227. The molecule has 0 saturated heterocycles. The molecule has 0 fully saturated rings. The Hall–Kier alpha value is -2.00. The van der Waals surface area contributed by atoms with Gasteiger partial charge in [0.15, 0.2) is 5.16 Å². The molecule has 0 spiro atoms. The Labute approximate surface area is 204 Å². The monoisotopic (exact) mass is 510 g/mol. The topological polar surface area (TPSA) is 59.8 Å². The van der Waals surface area contributed by atoms with E-state index in [-0.39, 0.29) is 11.7 Å². The number of thioether (sulfide) groups is 2. The third-order valence-electron chi connectivity index (χ3n) is 4.40. The van der Waals surface area contributed by atoms with Gasteiger partial charge in [0.25, 0.3) is 0 Å². The highest BCUT2D eigenvalue weighted by molar-refractivity contribution is 7.99. The highest BCUT2D eigenvalue weighted by Gasteiger charge is 2.14. The molecule has 0 aliphatic rings. The van der Waals surface area contributed by atoms with Crippen molar-refractivity contribution >= 4 is 58.3 Å². The average Bonchev–Trinajstić information content (AvgIpc) is 3.14. The molecule has 32 heavy (non-hydrogen) atoms. The van der Waals surface area contributed by atoms with Crippen LogP contribution in [-0.2, 0) is 22.8 Å². The molecule has 1 amide bonds. The molecule has 3 aromatic rings. The number of benzene rings is 2. The number of halogens is 3. The van der Waals surface area contributed by atoms with Crippen LogP contribution in [0.15, 0.2) is 54.2 Å². The van der Waals surface area contributed by atoms with Gasteiger partial charge in [-0.3, -0.25) is 4.79 Å². The first-order valence-electron chi connectivity index (χ1n) is 9.61. The first kappa shape index (κ1) is 24.6. The van der Waals surface area contributed by atoms with Crippen LogP contribution in [-0.4, -0.2) is 26.4 Å². The normalized spacial score (nSPS) is 10.9. The van der Waals surface area contributed by atoms with Gasteiger partial charge >= 0.3 is 0 Å². The van der Waals surface area contributed by atoms with Gasteiger partial charge in [0, 0.05) is 18.0 Å². The minimum Gasteiger partial charge on any atom is -0.325 e. The first-order chi connectivity index (χ1) is 15.4. The number of nitrogens with one attached hydrogen (secondary N) is 1. The fourth-order valence-corrected chi connectivity index (χ4v) is 4.78. The molecule has 10 heteroatoms. The second-order valence-corrected chi connectivity index (χ2v) is 9.58. The van der Waals surface area contributed by atoms with Gasteiger partial charge in [-0.05, 0) is 42.3 Å². The highest BCUT2D eigenvalue weighted by Crippen LogP contribution is 2.26. The number of anilines is 1. The zero-order valence-electron chi connectivity index (χ0n) is 17.3. The maximum atomic E-state index is 13.4. The second kappa shape index (κ2) is 11.7. The standard InChI is InChI=1S/C22H21Cl2FN4OS2/c1-3-8-29-20(12-31-11-15-5-7-17(23)18(24)9-15)27-28-22(29)32-13-21(30)26-19-10-16(25)6-4-14(19)2/h3-7,9-10H,1,8,11-13H2,2H3,(H,26,30). The number of amides is 1. The van der Waals surface area contributed by atoms with Crippen molar-refractivity contribution in [3.8, 4) is 0 Å². The predicted molar refractivity (Wildman–Crippen MR) is 132 cm³/mol. The van der Waals surface area contributed by atoms with E-state index in [1.807, 2.05) is 23.6 Å². The Bertz CT molecular complexity index is 1120. The van der Waals surface area contributed by atoms with Gasteiger partial charge in [-0.2, -0.15) is 0 Å². The van der Waals surface area contributed by atoms with Gasteiger partial charge in [-0.25, -0.2) is 4.39 Å². The fourth-order valence-electron chi connectivity index (χ4n) is 2.78. The molecule has 0 atom stereocenters. The third kappa shape index (κ3) is 6.75. The molecule has 1 aromatic heterocycles. The van der Waals surface area contributed by atoms with Crippen LogP contribution < -0.4 is 5.32 Å². The lowest BCUT2D eigenvalue weighted by atomic mass is 10.2. The van der Waals surface area contributed by atoms with Crippen molar-refractivity contribution in [2.24, 2.45) is 0 Å². The second-order valence-electron chi connectivity index (χ2n) is 6.84. The molecule has 1 N–H and O–H groups in total. The van der Waals surface area contributed by atoms with Crippen LogP contribution in [0.25, 0.3) is 0 Å².